The molecule has 1 fully saturated rings. The molecule has 7 nitrogen and oxygen atoms in total. The summed E-state index contributed by atoms with van der Waals surface area (Å²) in [6.07, 6.45) is 2.46. The monoisotopic (exact) mass is 285 g/mol. The van der Waals surface area contributed by atoms with Crippen LogP contribution in [0.25, 0.3) is 0 Å². The number of halogens is 1. The molecule has 0 bridgehead atoms. The third kappa shape index (κ3) is 3.51. The minimum atomic E-state index is -0.487. The summed E-state index contributed by atoms with van der Waals surface area (Å²) >= 11 is 5.73. The van der Waals surface area contributed by atoms with Gasteiger partial charge in [0.25, 0.3) is 0 Å². The van der Waals surface area contributed by atoms with Crippen LogP contribution in [-0.2, 0) is 0 Å². The van der Waals surface area contributed by atoms with Crippen LogP contribution in [-0.4, -0.2) is 46.0 Å². The lowest BCUT2D eigenvalue weighted by molar-refractivity contribution is -0.385. The van der Waals surface area contributed by atoms with Crippen LogP contribution in [0.5, 0.6) is 0 Å². The standard InChI is InChI=1S/C11H16ClN5O2/c1-7-9(17(18)19)10(15-11(12)14-7)13-5-6-16(2)8-3-4-8/h8H,3-6H2,1-2H3,(H,13,14,15). The average molecular weight is 286 g/mol. The van der Waals surface area contributed by atoms with Crippen LogP contribution in [0.3, 0.4) is 0 Å². The van der Waals surface area contributed by atoms with E-state index in [4.69, 9.17) is 11.6 Å². The van der Waals surface area contributed by atoms with E-state index < -0.39 is 4.92 Å². The van der Waals surface area contributed by atoms with Gasteiger partial charge < -0.3 is 10.2 Å². The molecule has 1 N–H and O–H groups in total. The number of anilines is 1. The normalized spacial score (nSPS) is 14.7. The second-order valence-electron chi connectivity index (χ2n) is 4.67. The molecular weight excluding hydrogens is 270 g/mol. The Labute approximate surface area is 116 Å². The van der Waals surface area contributed by atoms with Crippen LogP contribution in [0, 0.1) is 17.0 Å². The Kier molecular flexibility index (Phi) is 4.16. The van der Waals surface area contributed by atoms with Crippen LogP contribution in [0.1, 0.15) is 18.5 Å². The molecule has 0 aromatic carbocycles. The molecule has 19 heavy (non-hydrogen) atoms. The Hall–Kier alpha value is -1.47. The molecule has 104 valence electrons. The van der Waals surface area contributed by atoms with E-state index in [0.717, 1.165) is 6.54 Å². The number of rotatable bonds is 6. The van der Waals surface area contributed by atoms with Gasteiger partial charge >= 0.3 is 5.69 Å². The van der Waals surface area contributed by atoms with Gasteiger partial charge in [0.15, 0.2) is 0 Å². The lowest BCUT2D eigenvalue weighted by atomic mass is 10.3. The fourth-order valence-corrected chi connectivity index (χ4v) is 2.13. The Bertz CT molecular complexity index is 492. The number of hydrogen-bond donors (Lipinski definition) is 1. The lowest BCUT2D eigenvalue weighted by Crippen LogP contribution is -2.27. The molecule has 1 heterocycles. The first-order valence-electron chi connectivity index (χ1n) is 6.11. The SMILES string of the molecule is Cc1nc(Cl)nc(NCCN(C)C2CC2)c1[N+](=O)[O-]. The second-order valence-corrected chi connectivity index (χ2v) is 5.01. The lowest BCUT2D eigenvalue weighted by Gasteiger charge is -2.16. The number of nitrogens with zero attached hydrogens (tertiary/aromatic N) is 4. The smallest absolute Gasteiger partial charge is 0.332 e. The molecular formula is C11H16ClN5O2. The summed E-state index contributed by atoms with van der Waals surface area (Å²) in [6.45, 7) is 2.94. The highest BCUT2D eigenvalue weighted by atomic mass is 35.5. The van der Waals surface area contributed by atoms with Crippen LogP contribution in [0.15, 0.2) is 0 Å². The van der Waals surface area contributed by atoms with E-state index >= 15 is 0 Å². The van der Waals surface area contributed by atoms with Gasteiger partial charge in [-0.1, -0.05) is 0 Å². The predicted molar refractivity (Wildman–Crippen MR) is 72.6 cm³/mol. The maximum Gasteiger partial charge on any atom is 0.332 e. The molecule has 0 saturated heterocycles. The highest BCUT2D eigenvalue weighted by molar-refractivity contribution is 6.28. The highest BCUT2D eigenvalue weighted by Crippen LogP contribution is 2.27. The zero-order valence-corrected chi connectivity index (χ0v) is 11.6. The van der Waals surface area contributed by atoms with Crippen molar-refractivity contribution >= 4 is 23.1 Å². The van der Waals surface area contributed by atoms with Gasteiger partial charge in [-0.3, -0.25) is 10.1 Å². The number of aryl methyl sites for hydroxylation is 1. The Balaban J connectivity index is 2.03. The van der Waals surface area contributed by atoms with Crippen molar-refractivity contribution < 1.29 is 4.92 Å². The molecule has 1 aliphatic rings. The molecule has 0 aliphatic heterocycles. The summed E-state index contributed by atoms with van der Waals surface area (Å²) in [7, 11) is 2.05. The Morgan fingerprint density at radius 3 is 2.79 bits per heavy atom. The number of nitrogens with one attached hydrogen (secondary N) is 1. The minimum Gasteiger partial charge on any atom is -0.363 e. The van der Waals surface area contributed by atoms with Crippen molar-refractivity contribution in [2.75, 3.05) is 25.5 Å². The van der Waals surface area contributed by atoms with Crippen molar-refractivity contribution in [1.82, 2.24) is 14.9 Å². The Morgan fingerprint density at radius 1 is 1.53 bits per heavy atom. The minimum absolute atomic E-state index is 0.0150. The van der Waals surface area contributed by atoms with Crippen LogP contribution in [0.4, 0.5) is 11.5 Å². The molecule has 0 radical (unpaired) electrons. The molecule has 2 rings (SSSR count). The van der Waals surface area contributed by atoms with E-state index in [1.807, 2.05) is 7.05 Å². The van der Waals surface area contributed by atoms with Gasteiger partial charge in [-0.2, -0.15) is 4.98 Å². The van der Waals surface area contributed by atoms with Crippen molar-refractivity contribution in [2.24, 2.45) is 0 Å². The first-order valence-corrected chi connectivity index (χ1v) is 6.49. The Morgan fingerprint density at radius 2 is 2.21 bits per heavy atom. The van der Waals surface area contributed by atoms with E-state index in [9.17, 15) is 10.1 Å². The maximum atomic E-state index is 11.0. The fourth-order valence-electron chi connectivity index (χ4n) is 1.92. The van der Waals surface area contributed by atoms with Gasteiger partial charge in [-0.25, -0.2) is 4.98 Å². The van der Waals surface area contributed by atoms with Gasteiger partial charge in [0, 0.05) is 19.1 Å². The van der Waals surface area contributed by atoms with Crippen LogP contribution < -0.4 is 5.32 Å². The molecule has 0 spiro atoms. The van der Waals surface area contributed by atoms with Gasteiger partial charge in [-0.15, -0.1) is 0 Å². The first kappa shape index (κ1) is 14.0. The third-order valence-electron chi connectivity index (χ3n) is 3.14. The zero-order valence-electron chi connectivity index (χ0n) is 10.9. The van der Waals surface area contributed by atoms with Crippen molar-refractivity contribution in [3.63, 3.8) is 0 Å². The van der Waals surface area contributed by atoms with Crippen molar-refractivity contribution in [3.8, 4) is 0 Å². The quantitative estimate of drug-likeness (QED) is 0.488. The third-order valence-corrected chi connectivity index (χ3v) is 3.31. The molecule has 0 amide bonds. The number of likely N-dealkylation sites (N-methyl/N-ethyl adjacent to an activating group) is 1. The molecule has 0 atom stereocenters. The first-order chi connectivity index (χ1) is 8.99. The largest absolute Gasteiger partial charge is 0.363 e. The second kappa shape index (κ2) is 5.66. The van der Waals surface area contributed by atoms with Gasteiger partial charge in [0.2, 0.25) is 11.1 Å². The number of aromatic nitrogens is 2. The highest BCUT2D eigenvalue weighted by Gasteiger charge is 2.26. The van der Waals surface area contributed by atoms with Gasteiger partial charge in [-0.05, 0) is 38.4 Å². The van der Waals surface area contributed by atoms with E-state index in [-0.39, 0.29) is 22.5 Å². The summed E-state index contributed by atoms with van der Waals surface area (Å²) in [5.74, 6) is 0.187. The molecule has 1 saturated carbocycles. The van der Waals surface area contributed by atoms with Gasteiger partial charge in [0.05, 0.1) is 4.92 Å². The van der Waals surface area contributed by atoms with Crippen molar-refractivity contribution in [2.45, 2.75) is 25.8 Å². The van der Waals surface area contributed by atoms with Crippen LogP contribution >= 0.6 is 11.6 Å². The average Bonchev–Trinajstić information content (AvgIpc) is 3.10. The summed E-state index contributed by atoms with van der Waals surface area (Å²) < 4.78 is 0. The van der Waals surface area contributed by atoms with E-state index in [2.05, 4.69) is 20.2 Å². The predicted octanol–water partition coefficient (Wildman–Crippen LogP) is 1.85. The van der Waals surface area contributed by atoms with E-state index in [1.54, 1.807) is 6.92 Å². The van der Waals surface area contributed by atoms with E-state index in [1.165, 1.54) is 12.8 Å². The maximum absolute atomic E-state index is 11.0. The van der Waals surface area contributed by atoms with Gasteiger partial charge in [0.1, 0.15) is 5.69 Å². The summed E-state index contributed by atoms with van der Waals surface area (Å²) in [5.41, 5.74) is 0.154. The molecule has 1 aliphatic carbocycles. The molecule has 1 aromatic heterocycles. The van der Waals surface area contributed by atoms with Crippen molar-refractivity contribution in [1.29, 1.82) is 0 Å². The number of nitro groups is 1. The fraction of sp³-hybridized carbons (Fsp3) is 0.636. The summed E-state index contributed by atoms with van der Waals surface area (Å²) in [6, 6.07) is 0.660. The topological polar surface area (TPSA) is 84.2 Å². The summed E-state index contributed by atoms with van der Waals surface area (Å²) in [5, 5.41) is 14.0. The molecule has 1 aromatic rings. The van der Waals surface area contributed by atoms with Crippen LogP contribution in [0.2, 0.25) is 5.28 Å². The van der Waals surface area contributed by atoms with Crippen molar-refractivity contribution in [3.05, 3.63) is 21.1 Å². The summed E-state index contributed by atoms with van der Waals surface area (Å²) in [4.78, 5) is 20.4. The molecule has 0 unspecified atom stereocenters. The molecule has 8 heteroatoms. The number of hydrogen-bond acceptors (Lipinski definition) is 6. The van der Waals surface area contributed by atoms with E-state index in [0.29, 0.717) is 12.6 Å². The zero-order chi connectivity index (χ0) is 14.0.